The molecule has 1 atom stereocenters. The second kappa shape index (κ2) is 3.07. The van der Waals surface area contributed by atoms with Crippen LogP contribution in [-0.2, 0) is 0 Å². The first-order valence-electron chi connectivity index (χ1n) is 4.02. The first kappa shape index (κ1) is 8.08. The van der Waals surface area contributed by atoms with E-state index in [0.29, 0.717) is 0 Å². The second-order valence-electron chi connectivity index (χ2n) is 3.02. The number of halogens is 1. The van der Waals surface area contributed by atoms with Crippen molar-refractivity contribution in [1.82, 2.24) is 0 Å². The topological polar surface area (TPSA) is 27.6 Å². The maximum Gasteiger partial charge on any atom is 0.123 e. The molecule has 2 rings (SSSR count). The number of hydrogen-bond donors (Lipinski definition) is 1. The van der Waals surface area contributed by atoms with Gasteiger partial charge in [0, 0.05) is 22.6 Å². The summed E-state index contributed by atoms with van der Waals surface area (Å²) in [4.78, 5) is 1.20. The Morgan fingerprint density at radius 3 is 3.17 bits per heavy atom. The summed E-state index contributed by atoms with van der Waals surface area (Å²) in [5, 5.41) is 0. The fourth-order valence-electron chi connectivity index (χ4n) is 1.44. The maximum atomic E-state index is 12.8. The molecule has 1 aliphatic heterocycles. The molecule has 0 amide bonds. The van der Waals surface area contributed by atoms with E-state index in [1.54, 1.807) is 17.8 Å². The fraction of sp³-hybridized carbons (Fsp3) is 0.333. The molecule has 1 aromatic carbocycles. The molecule has 1 aliphatic rings. The summed E-state index contributed by atoms with van der Waals surface area (Å²) < 4.78 is 12.8. The van der Waals surface area contributed by atoms with Crippen molar-refractivity contribution in [1.29, 1.82) is 0 Å². The van der Waals surface area contributed by atoms with Crippen LogP contribution in [0.4, 0.5) is 4.39 Å². The normalized spacial score (nSPS) is 22.0. The highest BCUT2D eigenvalue weighted by molar-refractivity contribution is 7.99. The molecule has 1 aromatic rings. The minimum atomic E-state index is -0.148. The molecular weight excluding hydrogens is 173 g/mol. The highest BCUT2D eigenvalue weighted by Gasteiger charge is 2.20. The summed E-state index contributed by atoms with van der Waals surface area (Å²) in [6.45, 7) is 0. The van der Waals surface area contributed by atoms with Gasteiger partial charge in [0.05, 0.1) is 0 Å². The van der Waals surface area contributed by atoms with Crippen molar-refractivity contribution < 1.29 is 10.1 Å². The van der Waals surface area contributed by atoms with Crippen LogP contribution in [0.25, 0.3) is 0 Å². The minimum absolute atomic E-state index is 0.148. The van der Waals surface area contributed by atoms with E-state index in [0.717, 1.165) is 17.7 Å². The van der Waals surface area contributed by atoms with Crippen molar-refractivity contribution in [2.45, 2.75) is 17.4 Å². The van der Waals surface area contributed by atoms with E-state index >= 15 is 0 Å². The van der Waals surface area contributed by atoms with Crippen LogP contribution in [0.15, 0.2) is 23.1 Å². The number of hydrogen-bond acceptors (Lipinski definition) is 1. The molecule has 0 aliphatic carbocycles. The summed E-state index contributed by atoms with van der Waals surface area (Å²) in [6.07, 6.45) is 1.06. The van der Waals surface area contributed by atoms with E-state index < -0.39 is 0 Å². The molecule has 0 fully saturated rings. The third-order valence-electron chi connectivity index (χ3n) is 2.14. The number of fused-ring (bicyclic) bond motifs is 1. The van der Waals surface area contributed by atoms with E-state index in [9.17, 15) is 4.39 Å². The van der Waals surface area contributed by atoms with Gasteiger partial charge in [-0.25, -0.2) is 4.39 Å². The monoisotopic (exact) mass is 184 g/mol. The van der Waals surface area contributed by atoms with E-state index in [1.165, 1.54) is 11.0 Å². The number of thioether (sulfide) groups is 1. The van der Waals surface area contributed by atoms with E-state index in [2.05, 4.69) is 5.73 Å². The van der Waals surface area contributed by atoms with Crippen molar-refractivity contribution >= 4 is 11.8 Å². The molecule has 12 heavy (non-hydrogen) atoms. The van der Waals surface area contributed by atoms with Gasteiger partial charge in [0.2, 0.25) is 0 Å². The van der Waals surface area contributed by atoms with Gasteiger partial charge >= 0.3 is 0 Å². The van der Waals surface area contributed by atoms with Crippen molar-refractivity contribution in [2.75, 3.05) is 5.75 Å². The lowest BCUT2D eigenvalue weighted by Crippen LogP contribution is -2.54. The zero-order valence-electron chi connectivity index (χ0n) is 6.72. The number of quaternary nitrogens is 1. The van der Waals surface area contributed by atoms with Gasteiger partial charge in [0.1, 0.15) is 11.9 Å². The Hall–Kier alpha value is -0.540. The highest BCUT2D eigenvalue weighted by atomic mass is 32.2. The zero-order valence-corrected chi connectivity index (χ0v) is 7.53. The van der Waals surface area contributed by atoms with Gasteiger partial charge in [-0.1, -0.05) is 0 Å². The molecule has 3 heteroatoms. The van der Waals surface area contributed by atoms with Gasteiger partial charge < -0.3 is 5.73 Å². The van der Waals surface area contributed by atoms with Crippen LogP contribution < -0.4 is 5.73 Å². The van der Waals surface area contributed by atoms with Crippen LogP contribution in [0, 0.1) is 5.82 Å². The third kappa shape index (κ3) is 1.34. The molecular formula is C9H11FNS+. The van der Waals surface area contributed by atoms with Gasteiger partial charge in [-0.05, 0) is 18.2 Å². The predicted octanol–water partition coefficient (Wildman–Crippen LogP) is 1.60. The molecule has 0 saturated carbocycles. The Bertz CT molecular complexity index is 301. The quantitative estimate of drug-likeness (QED) is 0.651. The van der Waals surface area contributed by atoms with Gasteiger partial charge in [-0.15, -0.1) is 11.8 Å². The standard InChI is InChI=1S/C9H10FNS/c10-6-1-2-9-7(5-6)8(11)3-4-12-9/h1-2,5,8H,3-4,11H2/p+1/t8-/m1/s1. The van der Waals surface area contributed by atoms with Gasteiger partial charge in [0.25, 0.3) is 0 Å². The lowest BCUT2D eigenvalue weighted by molar-refractivity contribution is -0.427. The van der Waals surface area contributed by atoms with Crippen LogP contribution in [0.3, 0.4) is 0 Å². The first-order valence-corrected chi connectivity index (χ1v) is 5.01. The molecule has 1 nitrogen and oxygen atoms in total. The van der Waals surface area contributed by atoms with E-state index in [1.807, 2.05) is 6.07 Å². The smallest absolute Gasteiger partial charge is 0.123 e. The van der Waals surface area contributed by atoms with Crippen LogP contribution in [0.5, 0.6) is 0 Å². The van der Waals surface area contributed by atoms with Crippen molar-refractivity contribution in [2.24, 2.45) is 0 Å². The van der Waals surface area contributed by atoms with Crippen LogP contribution >= 0.6 is 11.8 Å². The molecule has 1 heterocycles. The summed E-state index contributed by atoms with van der Waals surface area (Å²) >= 11 is 1.79. The molecule has 0 radical (unpaired) electrons. The number of rotatable bonds is 0. The van der Waals surface area contributed by atoms with Crippen LogP contribution in [0.1, 0.15) is 18.0 Å². The Morgan fingerprint density at radius 1 is 1.50 bits per heavy atom. The Balaban J connectivity index is 2.47. The molecule has 0 aromatic heterocycles. The SMILES string of the molecule is [NH3+][C@@H]1CCSc2ccc(F)cc21. The Kier molecular flexibility index (Phi) is 2.07. The molecule has 64 valence electrons. The van der Waals surface area contributed by atoms with Crippen molar-refractivity contribution in [3.8, 4) is 0 Å². The zero-order chi connectivity index (χ0) is 8.55. The largest absolute Gasteiger partial charge is 0.351 e. The lowest BCUT2D eigenvalue weighted by atomic mass is 10.1. The molecule has 0 spiro atoms. The summed E-state index contributed by atoms with van der Waals surface area (Å²) in [5.41, 5.74) is 5.08. The third-order valence-corrected chi connectivity index (χ3v) is 3.26. The Morgan fingerprint density at radius 2 is 2.33 bits per heavy atom. The van der Waals surface area contributed by atoms with Gasteiger partial charge in [-0.3, -0.25) is 0 Å². The summed E-state index contributed by atoms with van der Waals surface area (Å²) in [5.74, 6) is 0.956. The average Bonchev–Trinajstić information content (AvgIpc) is 2.07. The lowest BCUT2D eigenvalue weighted by Gasteiger charge is -2.18. The molecule has 3 N–H and O–H groups in total. The predicted molar refractivity (Wildman–Crippen MR) is 47.4 cm³/mol. The van der Waals surface area contributed by atoms with Crippen molar-refractivity contribution in [3.05, 3.63) is 29.6 Å². The van der Waals surface area contributed by atoms with Crippen LogP contribution in [0.2, 0.25) is 0 Å². The average molecular weight is 184 g/mol. The maximum absolute atomic E-state index is 12.8. The Labute approximate surface area is 75.1 Å². The van der Waals surface area contributed by atoms with Crippen molar-refractivity contribution in [3.63, 3.8) is 0 Å². The fourth-order valence-corrected chi connectivity index (χ4v) is 2.62. The summed E-state index contributed by atoms with van der Waals surface area (Å²) in [6, 6.07) is 5.26. The second-order valence-corrected chi connectivity index (χ2v) is 4.15. The van der Waals surface area contributed by atoms with E-state index in [-0.39, 0.29) is 11.9 Å². The van der Waals surface area contributed by atoms with Gasteiger partial charge in [0.15, 0.2) is 0 Å². The van der Waals surface area contributed by atoms with E-state index in [4.69, 9.17) is 0 Å². The minimum Gasteiger partial charge on any atom is -0.351 e. The number of benzene rings is 1. The molecule has 0 saturated heterocycles. The highest BCUT2D eigenvalue weighted by Crippen LogP contribution is 2.33. The van der Waals surface area contributed by atoms with Gasteiger partial charge in [-0.2, -0.15) is 0 Å². The molecule has 0 unspecified atom stereocenters. The summed E-state index contributed by atoms with van der Waals surface area (Å²) in [7, 11) is 0. The van der Waals surface area contributed by atoms with Crippen LogP contribution in [-0.4, -0.2) is 5.75 Å². The first-order chi connectivity index (χ1) is 5.77. The molecule has 0 bridgehead atoms.